The maximum absolute atomic E-state index is 13.1. The lowest BCUT2D eigenvalue weighted by Crippen LogP contribution is -2.22. The molecule has 0 saturated heterocycles. The lowest BCUT2D eigenvalue weighted by molar-refractivity contribution is 0.0519. The van der Waals surface area contributed by atoms with Gasteiger partial charge in [0.15, 0.2) is 5.69 Å². The van der Waals surface area contributed by atoms with E-state index in [1.54, 1.807) is 32.2 Å². The largest absolute Gasteiger partial charge is 0.496 e. The number of aryl methyl sites for hydroxylation is 1. The number of pyridine rings is 1. The summed E-state index contributed by atoms with van der Waals surface area (Å²) in [6.07, 6.45) is 0. The zero-order chi connectivity index (χ0) is 19.1. The summed E-state index contributed by atoms with van der Waals surface area (Å²) in [6.45, 7) is 3.96. The number of nitrogens with zero attached hydrogens (tertiary/aromatic N) is 2. The van der Waals surface area contributed by atoms with Crippen molar-refractivity contribution in [3.8, 4) is 5.75 Å². The van der Waals surface area contributed by atoms with E-state index < -0.39 is 5.97 Å². The van der Waals surface area contributed by atoms with Crippen molar-refractivity contribution in [3.05, 3.63) is 59.3 Å². The minimum Gasteiger partial charge on any atom is -0.496 e. The highest BCUT2D eigenvalue weighted by Crippen LogP contribution is 2.43. The summed E-state index contributed by atoms with van der Waals surface area (Å²) < 4.78 is 10.5. The Morgan fingerprint density at radius 2 is 1.89 bits per heavy atom. The molecule has 6 heteroatoms. The fraction of sp³-hybridized carbons (Fsp3) is 0.190. The first-order valence-corrected chi connectivity index (χ1v) is 8.65. The van der Waals surface area contributed by atoms with Gasteiger partial charge >= 0.3 is 5.97 Å². The molecule has 0 spiro atoms. The number of amides is 1. The zero-order valence-corrected chi connectivity index (χ0v) is 15.3. The number of carbonyl (C=O) groups is 2. The monoisotopic (exact) mass is 362 g/mol. The van der Waals surface area contributed by atoms with E-state index in [2.05, 4.69) is 4.98 Å². The van der Waals surface area contributed by atoms with Crippen LogP contribution in [0, 0.1) is 6.92 Å². The fourth-order valence-electron chi connectivity index (χ4n) is 3.30. The number of hydrogen-bond acceptors (Lipinski definition) is 5. The Morgan fingerprint density at radius 1 is 1.15 bits per heavy atom. The van der Waals surface area contributed by atoms with Gasteiger partial charge in [0.25, 0.3) is 5.91 Å². The molecule has 4 rings (SSSR count). The molecule has 1 aliphatic heterocycles. The first-order valence-electron chi connectivity index (χ1n) is 8.65. The van der Waals surface area contributed by atoms with Crippen LogP contribution in [0.25, 0.3) is 10.8 Å². The number of benzene rings is 2. The van der Waals surface area contributed by atoms with Crippen LogP contribution in [0.1, 0.15) is 33.3 Å². The highest BCUT2D eigenvalue weighted by molar-refractivity contribution is 6.28. The Bertz CT molecular complexity index is 1070. The molecule has 0 radical (unpaired) electrons. The van der Waals surface area contributed by atoms with E-state index in [1.807, 2.05) is 31.2 Å². The van der Waals surface area contributed by atoms with Crippen LogP contribution >= 0.6 is 0 Å². The van der Waals surface area contributed by atoms with E-state index in [1.165, 1.54) is 4.90 Å². The predicted octanol–water partition coefficient (Wildman–Crippen LogP) is 4.02. The molecule has 136 valence electrons. The molecular formula is C21H18N2O4. The lowest BCUT2D eigenvalue weighted by Gasteiger charge is -2.17. The number of hydrogen-bond donors (Lipinski definition) is 0. The van der Waals surface area contributed by atoms with Crippen molar-refractivity contribution in [2.45, 2.75) is 13.8 Å². The third kappa shape index (κ3) is 2.61. The van der Waals surface area contributed by atoms with Gasteiger partial charge in [-0.15, -0.1) is 0 Å². The normalized spacial score (nSPS) is 12.6. The third-order valence-electron chi connectivity index (χ3n) is 4.58. The number of aromatic nitrogens is 1. The number of rotatable bonds is 4. The van der Waals surface area contributed by atoms with Crippen molar-refractivity contribution in [3.63, 3.8) is 0 Å². The SMILES string of the molecule is CCOC(=O)c1cc2c(OC)ccc3c2c(n1)N(c1ccc(C)cc1)C3=O. The van der Waals surface area contributed by atoms with E-state index >= 15 is 0 Å². The number of carbonyl (C=O) groups excluding carboxylic acids is 2. The van der Waals surface area contributed by atoms with Gasteiger partial charge in [-0.2, -0.15) is 0 Å². The molecule has 27 heavy (non-hydrogen) atoms. The average Bonchev–Trinajstić information content (AvgIpc) is 2.96. The maximum atomic E-state index is 13.1. The van der Waals surface area contributed by atoms with Gasteiger partial charge in [0.1, 0.15) is 11.6 Å². The smallest absolute Gasteiger partial charge is 0.357 e. The standard InChI is InChI=1S/C21H18N2O4/c1-4-27-21(25)16-11-15-17(26-3)10-9-14-18(15)19(22-16)23(20(14)24)13-7-5-12(2)6-8-13/h5-11H,4H2,1-3H3. The minimum atomic E-state index is -0.536. The molecule has 0 aliphatic carbocycles. The second-order valence-corrected chi connectivity index (χ2v) is 6.27. The highest BCUT2D eigenvalue weighted by Gasteiger charge is 2.34. The molecular weight excluding hydrogens is 344 g/mol. The van der Waals surface area contributed by atoms with Crippen LogP contribution in [0.4, 0.5) is 11.5 Å². The number of esters is 1. The van der Waals surface area contributed by atoms with Crippen LogP contribution in [0.2, 0.25) is 0 Å². The molecule has 0 atom stereocenters. The molecule has 2 heterocycles. The van der Waals surface area contributed by atoms with Crippen LogP contribution in [0.3, 0.4) is 0 Å². The molecule has 1 amide bonds. The maximum Gasteiger partial charge on any atom is 0.357 e. The first-order chi connectivity index (χ1) is 13.0. The molecule has 1 aliphatic rings. The molecule has 0 bridgehead atoms. The van der Waals surface area contributed by atoms with Gasteiger partial charge in [0, 0.05) is 10.8 Å². The van der Waals surface area contributed by atoms with Crippen LogP contribution in [-0.4, -0.2) is 30.6 Å². The summed E-state index contributed by atoms with van der Waals surface area (Å²) in [6, 6.07) is 12.7. The predicted molar refractivity (Wildman–Crippen MR) is 102 cm³/mol. The Morgan fingerprint density at radius 3 is 2.56 bits per heavy atom. The van der Waals surface area contributed by atoms with Gasteiger partial charge in [0.05, 0.1) is 25.0 Å². The van der Waals surface area contributed by atoms with E-state index in [4.69, 9.17) is 9.47 Å². The van der Waals surface area contributed by atoms with Crippen LogP contribution in [0.5, 0.6) is 5.75 Å². The quantitative estimate of drug-likeness (QED) is 0.656. The van der Waals surface area contributed by atoms with Gasteiger partial charge in [-0.1, -0.05) is 17.7 Å². The molecule has 0 saturated carbocycles. The summed E-state index contributed by atoms with van der Waals surface area (Å²) in [5, 5.41) is 1.33. The van der Waals surface area contributed by atoms with Crippen LogP contribution in [-0.2, 0) is 4.74 Å². The summed E-state index contributed by atoms with van der Waals surface area (Å²) in [5.41, 5.74) is 2.45. The van der Waals surface area contributed by atoms with Crippen LogP contribution < -0.4 is 9.64 Å². The molecule has 0 N–H and O–H groups in total. The Kier molecular flexibility index (Phi) is 4.03. The Hall–Kier alpha value is -3.41. The van der Waals surface area contributed by atoms with Crippen molar-refractivity contribution < 1.29 is 19.1 Å². The van der Waals surface area contributed by atoms with E-state index in [0.717, 1.165) is 5.56 Å². The highest BCUT2D eigenvalue weighted by atomic mass is 16.5. The van der Waals surface area contributed by atoms with Gasteiger partial charge < -0.3 is 9.47 Å². The number of anilines is 2. The van der Waals surface area contributed by atoms with Crippen molar-refractivity contribution in [2.75, 3.05) is 18.6 Å². The topological polar surface area (TPSA) is 68.7 Å². The van der Waals surface area contributed by atoms with Crippen molar-refractivity contribution >= 4 is 34.2 Å². The average molecular weight is 362 g/mol. The van der Waals surface area contributed by atoms with E-state index in [-0.39, 0.29) is 18.2 Å². The molecule has 2 aromatic carbocycles. The molecule has 3 aromatic rings. The summed E-state index contributed by atoms with van der Waals surface area (Å²) in [7, 11) is 1.55. The summed E-state index contributed by atoms with van der Waals surface area (Å²) >= 11 is 0. The zero-order valence-electron chi connectivity index (χ0n) is 15.3. The van der Waals surface area contributed by atoms with E-state index in [9.17, 15) is 9.59 Å². The second-order valence-electron chi connectivity index (χ2n) is 6.27. The minimum absolute atomic E-state index is 0.140. The Balaban J connectivity index is 1.99. The number of ether oxygens (including phenoxy) is 2. The molecule has 0 fully saturated rings. The Labute approximate surface area is 156 Å². The van der Waals surface area contributed by atoms with Gasteiger partial charge in [-0.25, -0.2) is 9.78 Å². The van der Waals surface area contributed by atoms with Crippen molar-refractivity contribution in [2.24, 2.45) is 0 Å². The lowest BCUT2D eigenvalue weighted by atomic mass is 10.1. The fourth-order valence-corrected chi connectivity index (χ4v) is 3.30. The summed E-state index contributed by atoms with van der Waals surface area (Å²) in [4.78, 5) is 31.4. The molecule has 1 aromatic heterocycles. The van der Waals surface area contributed by atoms with Crippen molar-refractivity contribution in [1.29, 1.82) is 0 Å². The summed E-state index contributed by atoms with van der Waals surface area (Å²) in [5.74, 6) is 0.265. The van der Waals surface area contributed by atoms with E-state index in [0.29, 0.717) is 33.6 Å². The van der Waals surface area contributed by atoms with Gasteiger partial charge in [-0.05, 0) is 44.2 Å². The second kappa shape index (κ2) is 6.39. The van der Waals surface area contributed by atoms with Gasteiger partial charge in [0.2, 0.25) is 0 Å². The third-order valence-corrected chi connectivity index (χ3v) is 4.58. The van der Waals surface area contributed by atoms with Gasteiger partial charge in [-0.3, -0.25) is 9.69 Å². The van der Waals surface area contributed by atoms with Crippen LogP contribution in [0.15, 0.2) is 42.5 Å². The molecule has 6 nitrogen and oxygen atoms in total. The van der Waals surface area contributed by atoms with Crippen molar-refractivity contribution in [1.82, 2.24) is 4.98 Å². The number of methoxy groups -OCH3 is 1. The molecule has 0 unspecified atom stereocenters. The first kappa shape index (κ1) is 17.0.